The van der Waals surface area contributed by atoms with Gasteiger partial charge in [-0.1, -0.05) is 36.8 Å². The second-order valence-corrected chi connectivity index (χ2v) is 9.27. The Bertz CT molecular complexity index is 905. The molecule has 0 heterocycles. The molecule has 0 aliphatic carbocycles. The van der Waals surface area contributed by atoms with E-state index in [9.17, 15) is 13.2 Å². The largest absolute Gasteiger partial charge is 0.495 e. The summed E-state index contributed by atoms with van der Waals surface area (Å²) >= 11 is 5.44. The van der Waals surface area contributed by atoms with Crippen LogP contribution in [0, 0.1) is 0 Å². The van der Waals surface area contributed by atoms with Crippen molar-refractivity contribution in [2.75, 3.05) is 30.1 Å². The maximum Gasteiger partial charge on any atom is 0.246 e. The quantitative estimate of drug-likeness (QED) is 0.255. The first-order chi connectivity index (χ1) is 14.4. The molecule has 0 bridgehead atoms. The minimum absolute atomic E-state index is 0.0268. The first kappa shape index (κ1) is 24.2. The summed E-state index contributed by atoms with van der Waals surface area (Å²) in [6.45, 7) is 1.86. The summed E-state index contributed by atoms with van der Waals surface area (Å²) in [5.74, 6) is 0.308. The van der Waals surface area contributed by atoms with Crippen molar-refractivity contribution in [3.8, 4) is 5.75 Å². The van der Waals surface area contributed by atoms with Crippen LogP contribution in [0.4, 0.5) is 5.69 Å². The Hall–Kier alpha value is -2.09. The number of sulfonamides is 1. The van der Waals surface area contributed by atoms with Crippen molar-refractivity contribution in [2.45, 2.75) is 32.1 Å². The Balaban J connectivity index is 1.71. The molecule has 164 valence electrons. The van der Waals surface area contributed by atoms with Crippen molar-refractivity contribution in [2.24, 2.45) is 0 Å². The molecule has 2 N–H and O–H groups in total. The first-order valence-corrected chi connectivity index (χ1v) is 12.2. The zero-order valence-electron chi connectivity index (χ0n) is 17.2. The summed E-state index contributed by atoms with van der Waals surface area (Å²) in [5.41, 5.74) is 1.98. The van der Waals surface area contributed by atoms with Gasteiger partial charge in [-0.25, -0.2) is 8.42 Å². The summed E-state index contributed by atoms with van der Waals surface area (Å²) in [6, 6.07) is 15.1. The Morgan fingerprint density at radius 3 is 2.50 bits per heavy atom. The van der Waals surface area contributed by atoms with Crippen LogP contribution in [0.1, 0.15) is 41.6 Å². The molecule has 2 rings (SSSR count). The second kappa shape index (κ2) is 12.6. The average Bonchev–Trinajstić information content (AvgIpc) is 2.75. The number of nitrogens with one attached hydrogen (secondary N) is 2. The van der Waals surface area contributed by atoms with Crippen LogP contribution >= 0.6 is 11.6 Å². The van der Waals surface area contributed by atoms with E-state index in [0.717, 1.165) is 38.8 Å². The third kappa shape index (κ3) is 8.34. The highest BCUT2D eigenvalue weighted by Crippen LogP contribution is 2.27. The summed E-state index contributed by atoms with van der Waals surface area (Å²) in [6.07, 6.45) is 4.16. The molecule has 8 heteroatoms. The fourth-order valence-electron chi connectivity index (χ4n) is 3.02. The Labute approximate surface area is 184 Å². The molecule has 0 aromatic heterocycles. The summed E-state index contributed by atoms with van der Waals surface area (Å²) in [5, 5.41) is 2.85. The molecule has 0 amide bonds. The van der Waals surface area contributed by atoms with Crippen molar-refractivity contribution < 1.29 is 17.9 Å². The molecule has 2 aromatic carbocycles. The molecule has 0 aliphatic rings. The lowest BCUT2D eigenvalue weighted by atomic mass is 10.0. The van der Waals surface area contributed by atoms with Crippen molar-refractivity contribution in [1.82, 2.24) is 5.32 Å². The number of hydrogen-bond acceptors (Lipinski definition) is 5. The number of Topliss-reactive ketones (excluding diaryl/α,β-unsaturated/α-hetero) is 1. The fraction of sp³-hybridized carbons (Fsp3) is 0.409. The lowest BCUT2D eigenvalue weighted by Gasteiger charge is -2.12. The van der Waals surface area contributed by atoms with Gasteiger partial charge in [0.05, 0.1) is 12.8 Å². The van der Waals surface area contributed by atoms with E-state index in [4.69, 9.17) is 16.3 Å². The van der Waals surface area contributed by atoms with Crippen molar-refractivity contribution >= 4 is 33.1 Å². The van der Waals surface area contributed by atoms with E-state index < -0.39 is 15.2 Å². The number of benzene rings is 2. The van der Waals surface area contributed by atoms with Gasteiger partial charge in [0.25, 0.3) is 0 Å². The Kier molecular flexibility index (Phi) is 10.1. The summed E-state index contributed by atoms with van der Waals surface area (Å²) in [4.78, 5) is 12.5. The monoisotopic (exact) mass is 452 g/mol. The van der Waals surface area contributed by atoms with Gasteiger partial charge >= 0.3 is 0 Å². The van der Waals surface area contributed by atoms with E-state index in [0.29, 0.717) is 17.7 Å². The number of ketones is 1. The Morgan fingerprint density at radius 2 is 1.80 bits per heavy atom. The van der Waals surface area contributed by atoms with Gasteiger partial charge in [0.2, 0.25) is 10.0 Å². The topological polar surface area (TPSA) is 84.5 Å². The molecule has 0 saturated heterocycles. The molecule has 30 heavy (non-hydrogen) atoms. The van der Waals surface area contributed by atoms with Gasteiger partial charge in [-0.15, -0.1) is 11.6 Å². The van der Waals surface area contributed by atoms with Crippen LogP contribution in [-0.4, -0.2) is 39.6 Å². The number of alkyl halides is 1. The summed E-state index contributed by atoms with van der Waals surface area (Å²) in [7, 11) is -2.25. The number of carbonyl (C=O) groups excluding carboxylic acids is 1. The fourth-order valence-corrected chi connectivity index (χ4v) is 3.73. The van der Waals surface area contributed by atoms with Gasteiger partial charge in [0.15, 0.2) is 5.78 Å². The molecule has 0 radical (unpaired) electrons. The molecule has 0 unspecified atom stereocenters. The van der Waals surface area contributed by atoms with Gasteiger partial charge in [0, 0.05) is 12.0 Å². The molecule has 2 aromatic rings. The first-order valence-electron chi connectivity index (χ1n) is 9.97. The van der Waals surface area contributed by atoms with Crippen LogP contribution in [0.15, 0.2) is 48.5 Å². The van der Waals surface area contributed by atoms with E-state index in [1.807, 2.05) is 18.2 Å². The normalized spacial score (nSPS) is 11.3. The highest BCUT2D eigenvalue weighted by Gasteiger charge is 2.15. The van der Waals surface area contributed by atoms with E-state index in [1.165, 1.54) is 18.7 Å². The number of unbranched alkanes of at least 4 members (excludes halogenated alkanes) is 2. The maximum atomic E-state index is 12.5. The number of rotatable bonds is 14. The highest BCUT2D eigenvalue weighted by molar-refractivity contribution is 7.93. The SMILES string of the molecule is COc1ccc(C(=O)CCCCCNCCc2ccccc2)cc1NS(=O)(=O)CCl. The van der Waals surface area contributed by atoms with Gasteiger partial charge in [-0.05, 0) is 56.1 Å². The molecule has 0 spiro atoms. The number of methoxy groups -OCH3 is 1. The van der Waals surface area contributed by atoms with E-state index in [2.05, 4.69) is 22.2 Å². The van der Waals surface area contributed by atoms with Crippen LogP contribution in [0.25, 0.3) is 0 Å². The zero-order chi connectivity index (χ0) is 21.8. The van der Waals surface area contributed by atoms with Crippen LogP contribution in [0.2, 0.25) is 0 Å². The lowest BCUT2D eigenvalue weighted by Crippen LogP contribution is -2.18. The van der Waals surface area contributed by atoms with Crippen LogP contribution in [-0.2, 0) is 16.4 Å². The average molecular weight is 453 g/mol. The van der Waals surface area contributed by atoms with Gasteiger partial charge < -0.3 is 10.1 Å². The van der Waals surface area contributed by atoms with Crippen molar-refractivity contribution in [3.05, 3.63) is 59.7 Å². The third-order valence-electron chi connectivity index (χ3n) is 4.62. The number of hydrogen-bond donors (Lipinski definition) is 2. The van der Waals surface area contributed by atoms with Crippen molar-refractivity contribution in [1.29, 1.82) is 0 Å². The number of carbonyl (C=O) groups is 1. The molecular weight excluding hydrogens is 424 g/mol. The molecule has 0 atom stereocenters. The third-order valence-corrected chi connectivity index (χ3v) is 6.30. The molecular formula is C22H29ClN2O4S. The van der Waals surface area contributed by atoms with Gasteiger partial charge in [0.1, 0.15) is 11.0 Å². The van der Waals surface area contributed by atoms with Gasteiger partial charge in [-0.2, -0.15) is 0 Å². The molecule has 0 aliphatic heterocycles. The molecule has 0 fully saturated rings. The van der Waals surface area contributed by atoms with Gasteiger partial charge in [-0.3, -0.25) is 9.52 Å². The molecule has 6 nitrogen and oxygen atoms in total. The predicted molar refractivity (Wildman–Crippen MR) is 122 cm³/mol. The maximum absolute atomic E-state index is 12.5. The Morgan fingerprint density at radius 1 is 1.03 bits per heavy atom. The smallest absolute Gasteiger partial charge is 0.246 e. The van der Waals surface area contributed by atoms with Crippen LogP contribution < -0.4 is 14.8 Å². The second-order valence-electron chi connectivity index (χ2n) is 6.96. The number of ether oxygens (including phenoxy) is 1. The number of anilines is 1. The standard InChI is InChI=1S/C22H29ClN2O4S/c1-29-22-12-11-19(16-20(22)25-30(27,28)17-23)21(26)10-6-3-7-14-24-15-13-18-8-4-2-5-9-18/h2,4-5,8-9,11-12,16,24-25H,3,6-7,10,13-15,17H2,1H3. The molecule has 0 saturated carbocycles. The lowest BCUT2D eigenvalue weighted by molar-refractivity contribution is 0.0979. The minimum atomic E-state index is -3.68. The van der Waals surface area contributed by atoms with E-state index in [1.54, 1.807) is 12.1 Å². The van der Waals surface area contributed by atoms with Crippen LogP contribution in [0.5, 0.6) is 5.75 Å². The predicted octanol–water partition coefficient (Wildman–Crippen LogP) is 4.21. The van der Waals surface area contributed by atoms with Crippen LogP contribution in [0.3, 0.4) is 0 Å². The van der Waals surface area contributed by atoms with E-state index >= 15 is 0 Å². The van der Waals surface area contributed by atoms with Crippen molar-refractivity contribution in [3.63, 3.8) is 0 Å². The number of halogens is 1. The minimum Gasteiger partial charge on any atom is -0.495 e. The summed E-state index contributed by atoms with van der Waals surface area (Å²) < 4.78 is 31.0. The zero-order valence-corrected chi connectivity index (χ0v) is 18.8. The highest BCUT2D eigenvalue weighted by atomic mass is 35.5. The van der Waals surface area contributed by atoms with E-state index in [-0.39, 0.29) is 11.5 Å².